The number of carbonyl (C=O) groups is 1. The predicted octanol–water partition coefficient (Wildman–Crippen LogP) is 4.31. The zero-order chi connectivity index (χ0) is 26.0. The van der Waals surface area contributed by atoms with Gasteiger partial charge in [-0.1, -0.05) is 27.7 Å². The van der Waals surface area contributed by atoms with Gasteiger partial charge in [0.25, 0.3) is 0 Å². The van der Waals surface area contributed by atoms with Gasteiger partial charge in [-0.15, -0.1) is 0 Å². The summed E-state index contributed by atoms with van der Waals surface area (Å²) in [4.78, 5) is 13.5. The first-order valence-corrected chi connectivity index (χ1v) is 14.0. The predicted molar refractivity (Wildman–Crippen MR) is 122 cm³/mol. The second-order valence-electron chi connectivity index (χ2n) is 11.2. The second-order valence-corrected chi connectivity index (χ2v) is 12.7. The fourth-order valence-electron chi connectivity index (χ4n) is 8.25. The van der Waals surface area contributed by atoms with E-state index < -0.39 is 55.4 Å². The molecule has 4 bridgehead atoms. The molecule has 3 N–H and O–H groups in total. The molecule has 4 fully saturated rings. The number of alkyl halides is 2. The van der Waals surface area contributed by atoms with E-state index in [-0.39, 0.29) is 11.8 Å². The van der Waals surface area contributed by atoms with E-state index in [0.717, 1.165) is 13.3 Å². The molecule has 0 spiro atoms. The number of esters is 1. The first-order chi connectivity index (χ1) is 15.5. The molecule has 0 saturated heterocycles. The smallest absolute Gasteiger partial charge is 0.405 e. The minimum absolute atomic E-state index is 0.183. The number of rotatable bonds is 10. The summed E-state index contributed by atoms with van der Waals surface area (Å²) in [5, 5.41) is 18.9. The molecular weight excluding hydrogens is 470 g/mol. The number of hydrogen-bond acceptors (Lipinski definition) is 6. The van der Waals surface area contributed by atoms with Crippen molar-refractivity contribution in [2.45, 2.75) is 115 Å². The van der Waals surface area contributed by atoms with Crippen LogP contribution in [-0.4, -0.2) is 51.7 Å². The summed E-state index contributed by atoms with van der Waals surface area (Å²) < 4.78 is 64.7. The van der Waals surface area contributed by atoms with Crippen molar-refractivity contribution in [2.24, 2.45) is 28.6 Å². The Balaban J connectivity index is 2.08. The average Bonchev–Trinajstić information content (AvgIpc) is 2.75. The van der Waals surface area contributed by atoms with Gasteiger partial charge in [-0.2, -0.15) is 17.2 Å². The lowest BCUT2D eigenvalue weighted by Gasteiger charge is -2.71. The number of ether oxygens (including phenoxy) is 1. The first-order valence-electron chi connectivity index (χ1n) is 12.5. The van der Waals surface area contributed by atoms with Crippen LogP contribution in [0.5, 0.6) is 0 Å². The van der Waals surface area contributed by atoms with Gasteiger partial charge in [0, 0.05) is 10.8 Å². The van der Waals surface area contributed by atoms with Gasteiger partial charge in [-0.05, 0) is 76.5 Å². The molecule has 0 aliphatic heterocycles. The van der Waals surface area contributed by atoms with E-state index in [9.17, 15) is 32.2 Å². The van der Waals surface area contributed by atoms with Crippen LogP contribution in [0.4, 0.5) is 8.78 Å². The van der Waals surface area contributed by atoms with E-state index in [1.165, 1.54) is 0 Å². The van der Waals surface area contributed by atoms with E-state index in [1.54, 1.807) is 0 Å². The minimum atomic E-state index is -5.78. The molecule has 6 atom stereocenters. The lowest BCUT2D eigenvalue weighted by Crippen LogP contribution is -2.71. The molecule has 0 aromatic carbocycles. The summed E-state index contributed by atoms with van der Waals surface area (Å²) in [6, 6.07) is 0. The number of halogens is 2. The Morgan fingerprint density at radius 2 is 1.56 bits per heavy atom. The fourth-order valence-corrected chi connectivity index (χ4v) is 8.72. The van der Waals surface area contributed by atoms with Gasteiger partial charge in [-0.25, -0.2) is 0 Å². The Hall–Kier alpha value is -0.840. The molecule has 0 heterocycles. The fraction of sp³-hybridized carbons (Fsp3) is 0.958. The Kier molecular flexibility index (Phi) is 7.04. The summed E-state index contributed by atoms with van der Waals surface area (Å²) in [6.07, 6.45) is 2.25. The van der Waals surface area contributed by atoms with E-state index in [0.29, 0.717) is 51.4 Å². The first kappa shape index (κ1) is 27.7. The van der Waals surface area contributed by atoms with E-state index in [4.69, 9.17) is 9.29 Å². The molecule has 4 aliphatic carbocycles. The van der Waals surface area contributed by atoms with Crippen LogP contribution in [0.15, 0.2) is 0 Å². The zero-order valence-electron chi connectivity index (χ0n) is 20.8. The average molecular weight is 511 g/mol. The van der Waals surface area contributed by atoms with Crippen LogP contribution in [0.25, 0.3) is 0 Å². The number of carbonyl (C=O) groups excluding carboxylic acids is 1. The number of aliphatic hydroxyl groups is 2. The molecule has 10 heteroatoms. The van der Waals surface area contributed by atoms with E-state index >= 15 is 0 Å². The van der Waals surface area contributed by atoms with Crippen LogP contribution in [0.3, 0.4) is 0 Å². The third-order valence-corrected chi connectivity index (χ3v) is 11.0. The Morgan fingerprint density at radius 1 is 1.03 bits per heavy atom. The quantitative estimate of drug-likeness (QED) is 0.296. The number of hydrogen-bond donors (Lipinski definition) is 3. The van der Waals surface area contributed by atoms with Gasteiger partial charge in [-0.3, -0.25) is 9.35 Å². The monoisotopic (exact) mass is 510 g/mol. The van der Waals surface area contributed by atoms with Crippen molar-refractivity contribution in [1.82, 2.24) is 0 Å². The van der Waals surface area contributed by atoms with Crippen LogP contribution in [-0.2, 0) is 19.6 Å². The zero-order valence-corrected chi connectivity index (χ0v) is 21.6. The molecule has 198 valence electrons. The van der Waals surface area contributed by atoms with Crippen LogP contribution >= 0.6 is 0 Å². The maximum atomic E-state index is 14.2. The Morgan fingerprint density at radius 3 is 2.03 bits per heavy atom. The highest BCUT2D eigenvalue weighted by Gasteiger charge is 2.73. The van der Waals surface area contributed by atoms with Gasteiger partial charge < -0.3 is 14.9 Å². The highest BCUT2D eigenvalue weighted by atomic mass is 32.2. The SMILES string of the molecule is CCC(O)(CC)C12CC3CC(C1)C(C(=O)OC(C)C(F)(F)S(=O)(=O)O)C(C(O)(CC)CC)(C3)C2. The third kappa shape index (κ3) is 3.73. The molecule has 7 nitrogen and oxygen atoms in total. The van der Waals surface area contributed by atoms with Gasteiger partial charge >= 0.3 is 21.3 Å². The molecular formula is C24H40F2O7S. The molecule has 34 heavy (non-hydrogen) atoms. The molecule has 4 aliphatic rings. The van der Waals surface area contributed by atoms with Gasteiger partial charge in [0.1, 0.15) is 0 Å². The standard InChI is InChI=1S/C24H40F2O7S/c1-6-22(28,7-2)20-11-16-10-17(13-20)18(21(12-16,14-20)23(29,8-3)9-4)19(27)33-15(5)24(25,26)34(30,31)32/h15-18,28-29H,6-14H2,1-5H3,(H,30,31,32). The van der Waals surface area contributed by atoms with Crippen LogP contribution in [0.1, 0.15) is 92.4 Å². The lowest BCUT2D eigenvalue weighted by molar-refractivity contribution is -0.282. The van der Waals surface area contributed by atoms with Crippen molar-refractivity contribution < 1.29 is 41.5 Å². The molecule has 4 saturated carbocycles. The normalized spacial score (nSPS) is 34.8. The largest absolute Gasteiger partial charge is 0.455 e. The summed E-state index contributed by atoms with van der Waals surface area (Å²) in [5.74, 6) is -1.97. The van der Waals surface area contributed by atoms with Crippen molar-refractivity contribution in [1.29, 1.82) is 0 Å². The summed E-state index contributed by atoms with van der Waals surface area (Å²) in [7, 11) is -5.78. The molecule has 0 aromatic rings. The van der Waals surface area contributed by atoms with Crippen molar-refractivity contribution in [2.75, 3.05) is 0 Å². The molecule has 6 unspecified atom stereocenters. The van der Waals surface area contributed by atoms with Gasteiger partial charge in [0.05, 0.1) is 17.1 Å². The van der Waals surface area contributed by atoms with Gasteiger partial charge in [0.2, 0.25) is 0 Å². The Labute approximate surface area is 201 Å². The molecule has 0 radical (unpaired) electrons. The van der Waals surface area contributed by atoms with Crippen molar-refractivity contribution in [3.63, 3.8) is 0 Å². The van der Waals surface area contributed by atoms with Crippen LogP contribution in [0, 0.1) is 28.6 Å². The van der Waals surface area contributed by atoms with E-state index in [2.05, 4.69) is 0 Å². The molecule has 4 rings (SSSR count). The molecule has 0 aromatic heterocycles. The van der Waals surface area contributed by atoms with Crippen LogP contribution < -0.4 is 0 Å². The summed E-state index contributed by atoms with van der Waals surface area (Å²) >= 11 is 0. The maximum Gasteiger partial charge on any atom is 0.405 e. The maximum absolute atomic E-state index is 14.2. The highest BCUT2D eigenvalue weighted by molar-refractivity contribution is 7.86. The third-order valence-electron chi connectivity index (χ3n) is 9.96. The second kappa shape index (κ2) is 8.63. The minimum Gasteiger partial charge on any atom is -0.455 e. The Bertz CT molecular complexity index is 899. The van der Waals surface area contributed by atoms with Crippen molar-refractivity contribution in [3.8, 4) is 0 Å². The lowest BCUT2D eigenvalue weighted by atomic mass is 9.34. The van der Waals surface area contributed by atoms with Crippen molar-refractivity contribution in [3.05, 3.63) is 0 Å². The van der Waals surface area contributed by atoms with Crippen LogP contribution in [0.2, 0.25) is 0 Å². The highest BCUT2D eigenvalue weighted by Crippen LogP contribution is 2.74. The van der Waals surface area contributed by atoms with Gasteiger partial charge in [0.15, 0.2) is 6.10 Å². The van der Waals surface area contributed by atoms with Crippen molar-refractivity contribution >= 4 is 16.1 Å². The summed E-state index contributed by atoms with van der Waals surface area (Å²) in [5.41, 5.74) is -3.74. The molecule has 0 amide bonds. The summed E-state index contributed by atoms with van der Waals surface area (Å²) in [6.45, 7) is 8.28. The van der Waals surface area contributed by atoms with E-state index in [1.807, 2.05) is 27.7 Å². The topological polar surface area (TPSA) is 121 Å².